The molecule has 31 heavy (non-hydrogen) atoms. The lowest BCUT2D eigenvalue weighted by Gasteiger charge is -2.63. The molecule has 156 valence electrons. The summed E-state index contributed by atoms with van der Waals surface area (Å²) in [4.78, 5) is 0. The molecule has 0 amide bonds. The first-order valence-electron chi connectivity index (χ1n) is 12.1. The lowest BCUT2D eigenvalue weighted by Crippen LogP contribution is -2.58. The van der Waals surface area contributed by atoms with Gasteiger partial charge in [0.2, 0.25) is 0 Å². The smallest absolute Gasteiger partial charge is 0.158 e. The molecule has 3 aromatic carbocycles. The molecular weight excluding hydrogens is 376 g/mol. The molecule has 1 heteroatoms. The Hall–Kier alpha value is -2.54. The molecule has 1 unspecified atom stereocenters. The van der Waals surface area contributed by atoms with E-state index in [1.54, 1.807) is 0 Å². The summed E-state index contributed by atoms with van der Waals surface area (Å²) in [6.07, 6.45) is 13.2. The standard InChI is InChI=1S/C30H30O/c1-20-13-24-7-5-6-10-27(24)28-26(20)11-12-30(31-28,25-8-3-2-4-9-25)29-17-21-14-22(18-29)16-23(15-21)19-29/h2-13,21-23H,14-19H2,1H3. The Balaban J connectivity index is 1.48. The van der Waals surface area contributed by atoms with Gasteiger partial charge >= 0.3 is 0 Å². The zero-order valence-electron chi connectivity index (χ0n) is 18.3. The van der Waals surface area contributed by atoms with E-state index in [1.807, 2.05) is 0 Å². The number of fused-ring (bicyclic) bond motifs is 3. The van der Waals surface area contributed by atoms with Gasteiger partial charge in [-0.25, -0.2) is 0 Å². The summed E-state index contributed by atoms with van der Waals surface area (Å²) in [7, 11) is 0. The highest BCUT2D eigenvalue weighted by Crippen LogP contribution is 2.68. The lowest BCUT2D eigenvalue weighted by atomic mass is 9.44. The molecule has 0 aromatic heterocycles. The molecule has 1 atom stereocenters. The molecule has 5 aliphatic rings. The van der Waals surface area contributed by atoms with Crippen LogP contribution in [-0.4, -0.2) is 0 Å². The SMILES string of the molecule is Cc1cc2ccccc2c2c1C=CC(c1ccccc1)(C13CC4CC(CC(C4)C1)C3)O2. The highest BCUT2D eigenvalue weighted by Gasteiger charge is 2.62. The first-order valence-corrected chi connectivity index (χ1v) is 12.1. The third kappa shape index (κ3) is 2.44. The van der Waals surface area contributed by atoms with Gasteiger partial charge in [0.1, 0.15) is 5.75 Å². The summed E-state index contributed by atoms with van der Waals surface area (Å²) in [6, 6.07) is 22.2. The molecular formula is C30H30O. The van der Waals surface area contributed by atoms with E-state index in [0.717, 1.165) is 23.5 Å². The minimum atomic E-state index is -0.367. The van der Waals surface area contributed by atoms with Crippen LogP contribution in [0.25, 0.3) is 16.8 Å². The van der Waals surface area contributed by atoms with Crippen LogP contribution in [0.5, 0.6) is 5.75 Å². The summed E-state index contributed by atoms with van der Waals surface area (Å²) in [5.74, 6) is 3.76. The summed E-state index contributed by atoms with van der Waals surface area (Å²) in [5, 5.41) is 2.53. The fourth-order valence-corrected chi connectivity index (χ4v) is 8.18. The van der Waals surface area contributed by atoms with Crippen LogP contribution in [0.2, 0.25) is 0 Å². The van der Waals surface area contributed by atoms with Gasteiger partial charge in [0, 0.05) is 16.4 Å². The fraction of sp³-hybridized carbons (Fsp3) is 0.400. The molecule has 0 N–H and O–H groups in total. The van der Waals surface area contributed by atoms with Crippen LogP contribution < -0.4 is 4.74 Å². The van der Waals surface area contributed by atoms with Gasteiger partial charge in [-0.1, -0.05) is 66.7 Å². The molecule has 0 radical (unpaired) electrons. The Labute approximate surface area is 185 Å². The molecule has 0 saturated heterocycles. The fourth-order valence-electron chi connectivity index (χ4n) is 8.18. The first-order chi connectivity index (χ1) is 15.2. The van der Waals surface area contributed by atoms with Crippen molar-refractivity contribution in [1.29, 1.82) is 0 Å². The van der Waals surface area contributed by atoms with Crippen LogP contribution in [0.15, 0.2) is 66.7 Å². The maximum absolute atomic E-state index is 7.40. The quantitative estimate of drug-likeness (QED) is 0.424. The van der Waals surface area contributed by atoms with Crippen molar-refractivity contribution < 1.29 is 4.74 Å². The van der Waals surface area contributed by atoms with Gasteiger partial charge in [0.25, 0.3) is 0 Å². The summed E-state index contributed by atoms with van der Waals surface area (Å²) in [6.45, 7) is 2.22. The van der Waals surface area contributed by atoms with Crippen LogP contribution >= 0.6 is 0 Å². The van der Waals surface area contributed by atoms with E-state index in [0.29, 0.717) is 0 Å². The number of hydrogen-bond donors (Lipinski definition) is 0. The molecule has 4 bridgehead atoms. The van der Waals surface area contributed by atoms with Gasteiger partial charge in [0.15, 0.2) is 5.60 Å². The summed E-state index contributed by atoms with van der Waals surface area (Å²) >= 11 is 0. The second-order valence-corrected chi connectivity index (χ2v) is 10.9. The van der Waals surface area contributed by atoms with Crippen molar-refractivity contribution in [2.75, 3.05) is 0 Å². The van der Waals surface area contributed by atoms with Gasteiger partial charge in [-0.05, 0) is 85.8 Å². The van der Waals surface area contributed by atoms with E-state index in [-0.39, 0.29) is 11.0 Å². The van der Waals surface area contributed by atoms with Crippen molar-refractivity contribution in [3.05, 3.63) is 83.4 Å². The zero-order chi connectivity index (χ0) is 20.6. The predicted octanol–water partition coefficient (Wildman–Crippen LogP) is 7.67. The van der Waals surface area contributed by atoms with Gasteiger partial charge in [0.05, 0.1) is 0 Å². The van der Waals surface area contributed by atoms with Gasteiger partial charge in [-0.15, -0.1) is 0 Å². The van der Waals surface area contributed by atoms with Gasteiger partial charge in [-0.2, -0.15) is 0 Å². The van der Waals surface area contributed by atoms with Crippen LogP contribution in [0.3, 0.4) is 0 Å². The highest BCUT2D eigenvalue weighted by atomic mass is 16.5. The molecule has 4 saturated carbocycles. The molecule has 3 aromatic rings. The van der Waals surface area contributed by atoms with E-state index in [9.17, 15) is 0 Å². The average molecular weight is 407 g/mol. The Kier molecular flexibility index (Phi) is 3.64. The van der Waals surface area contributed by atoms with Crippen molar-refractivity contribution in [3.63, 3.8) is 0 Å². The van der Waals surface area contributed by atoms with Crippen LogP contribution in [0.1, 0.15) is 55.2 Å². The second-order valence-electron chi connectivity index (χ2n) is 10.9. The van der Waals surface area contributed by atoms with Crippen molar-refractivity contribution in [3.8, 4) is 5.75 Å². The van der Waals surface area contributed by atoms with Crippen molar-refractivity contribution in [2.45, 2.75) is 51.0 Å². The Bertz CT molecular complexity index is 1170. The second kappa shape index (κ2) is 6.25. The number of aryl methyl sites for hydroxylation is 1. The maximum Gasteiger partial charge on any atom is 0.158 e. The third-order valence-electron chi connectivity index (χ3n) is 9.02. The number of ether oxygens (including phenoxy) is 1. The van der Waals surface area contributed by atoms with Gasteiger partial charge < -0.3 is 4.74 Å². The van der Waals surface area contributed by atoms with E-state index in [2.05, 4.69) is 79.7 Å². The average Bonchev–Trinajstić information content (AvgIpc) is 2.78. The lowest BCUT2D eigenvalue weighted by molar-refractivity contribution is -0.149. The number of rotatable bonds is 2. The minimum Gasteiger partial charge on any atom is -0.477 e. The number of benzene rings is 3. The Morgan fingerprint density at radius 3 is 2.16 bits per heavy atom. The van der Waals surface area contributed by atoms with E-state index in [4.69, 9.17) is 4.74 Å². The molecule has 0 spiro atoms. The zero-order valence-corrected chi connectivity index (χ0v) is 18.3. The van der Waals surface area contributed by atoms with Crippen molar-refractivity contribution in [1.82, 2.24) is 0 Å². The van der Waals surface area contributed by atoms with Crippen LogP contribution in [0.4, 0.5) is 0 Å². The Morgan fingerprint density at radius 1 is 0.806 bits per heavy atom. The molecule has 1 aliphatic heterocycles. The number of hydrogen-bond acceptors (Lipinski definition) is 1. The first kappa shape index (κ1) is 18.1. The molecule has 1 nitrogen and oxygen atoms in total. The maximum atomic E-state index is 7.40. The molecule has 1 heterocycles. The predicted molar refractivity (Wildman–Crippen MR) is 127 cm³/mol. The molecule has 4 fully saturated rings. The normalized spacial score (nSPS) is 35.2. The summed E-state index contributed by atoms with van der Waals surface area (Å²) < 4.78 is 7.40. The highest BCUT2D eigenvalue weighted by molar-refractivity contribution is 5.93. The van der Waals surface area contributed by atoms with Crippen LogP contribution in [-0.2, 0) is 5.60 Å². The monoisotopic (exact) mass is 406 g/mol. The van der Waals surface area contributed by atoms with Gasteiger partial charge in [-0.3, -0.25) is 0 Å². The third-order valence-corrected chi connectivity index (χ3v) is 9.02. The molecule has 4 aliphatic carbocycles. The largest absolute Gasteiger partial charge is 0.477 e. The summed E-state index contributed by atoms with van der Waals surface area (Å²) in [5.41, 5.74) is 3.74. The Morgan fingerprint density at radius 2 is 1.45 bits per heavy atom. The van der Waals surface area contributed by atoms with E-state index >= 15 is 0 Å². The van der Waals surface area contributed by atoms with Crippen molar-refractivity contribution >= 4 is 16.8 Å². The van der Waals surface area contributed by atoms with Crippen LogP contribution in [0, 0.1) is 30.1 Å². The van der Waals surface area contributed by atoms with E-state index < -0.39 is 0 Å². The van der Waals surface area contributed by atoms with Crippen molar-refractivity contribution in [2.24, 2.45) is 23.2 Å². The van der Waals surface area contributed by atoms with E-state index in [1.165, 1.54) is 66.0 Å². The topological polar surface area (TPSA) is 9.23 Å². The minimum absolute atomic E-state index is 0.210. The molecule has 8 rings (SSSR count).